The number of aliphatic hydroxyl groups is 1. The zero-order valence-electron chi connectivity index (χ0n) is 8.52. The second-order valence-electron chi connectivity index (χ2n) is 3.69. The van der Waals surface area contributed by atoms with Gasteiger partial charge in [0.25, 0.3) is 0 Å². The highest BCUT2D eigenvalue weighted by Gasteiger charge is 2.27. The smallest absolute Gasteiger partial charge is 0.135 e. The van der Waals surface area contributed by atoms with Gasteiger partial charge in [0.1, 0.15) is 16.7 Å². The highest BCUT2D eigenvalue weighted by molar-refractivity contribution is 7.99. The number of nitrogen functional groups attached to an aromatic ring is 1. The topological polar surface area (TPSA) is 72.0 Å². The fourth-order valence-corrected chi connectivity index (χ4v) is 2.15. The zero-order chi connectivity index (χ0) is 10.7. The lowest BCUT2D eigenvalue weighted by atomic mass is 10.4. The molecule has 1 fully saturated rings. The van der Waals surface area contributed by atoms with Gasteiger partial charge in [-0.05, 0) is 19.3 Å². The summed E-state index contributed by atoms with van der Waals surface area (Å²) in [7, 11) is 0. The van der Waals surface area contributed by atoms with Crippen LogP contribution in [-0.4, -0.2) is 27.4 Å². The minimum atomic E-state index is 0.225. The third-order valence-electron chi connectivity index (χ3n) is 2.23. The highest BCUT2D eigenvalue weighted by atomic mass is 32.2. The Bertz CT molecular complexity index is 341. The van der Waals surface area contributed by atoms with Crippen LogP contribution < -0.4 is 5.73 Å². The summed E-state index contributed by atoms with van der Waals surface area (Å²) in [5.74, 6) is 2.85. The number of nitrogens with zero attached hydrogens (tertiary/aromatic N) is 2. The first-order valence-electron chi connectivity index (χ1n) is 5.17. The largest absolute Gasteiger partial charge is 0.396 e. The summed E-state index contributed by atoms with van der Waals surface area (Å²) in [6.07, 6.45) is 3.15. The SMILES string of the molecule is Nc1cc(SCCCO)nc(C2CC2)n1. The van der Waals surface area contributed by atoms with E-state index in [0.717, 1.165) is 23.0 Å². The summed E-state index contributed by atoms with van der Waals surface area (Å²) in [6.45, 7) is 0.225. The molecule has 0 aromatic carbocycles. The maximum atomic E-state index is 8.68. The molecule has 82 valence electrons. The molecule has 5 heteroatoms. The monoisotopic (exact) mass is 225 g/mol. The van der Waals surface area contributed by atoms with Gasteiger partial charge in [0.2, 0.25) is 0 Å². The Morgan fingerprint density at radius 3 is 2.93 bits per heavy atom. The van der Waals surface area contributed by atoms with Gasteiger partial charge in [-0.3, -0.25) is 0 Å². The Morgan fingerprint density at radius 2 is 2.27 bits per heavy atom. The number of hydrogen-bond acceptors (Lipinski definition) is 5. The molecule has 0 radical (unpaired) electrons. The summed E-state index contributed by atoms with van der Waals surface area (Å²) >= 11 is 1.63. The first kappa shape index (κ1) is 10.7. The van der Waals surface area contributed by atoms with Crippen LogP contribution in [0.2, 0.25) is 0 Å². The first-order valence-corrected chi connectivity index (χ1v) is 6.16. The molecule has 0 amide bonds. The Labute approximate surface area is 93.3 Å². The lowest BCUT2D eigenvalue weighted by molar-refractivity contribution is 0.296. The second-order valence-corrected chi connectivity index (χ2v) is 4.80. The normalized spacial score (nSPS) is 15.5. The minimum Gasteiger partial charge on any atom is -0.396 e. The van der Waals surface area contributed by atoms with Gasteiger partial charge in [0.05, 0.1) is 0 Å². The van der Waals surface area contributed by atoms with Crippen LogP contribution in [0.1, 0.15) is 31.0 Å². The number of thioether (sulfide) groups is 1. The van der Waals surface area contributed by atoms with Crippen LogP contribution in [0.5, 0.6) is 0 Å². The molecule has 2 rings (SSSR count). The van der Waals surface area contributed by atoms with Crippen molar-refractivity contribution in [2.75, 3.05) is 18.1 Å². The number of nitrogens with two attached hydrogens (primary N) is 1. The standard InChI is InChI=1S/C10H15N3OS/c11-8-6-9(15-5-1-4-14)13-10(12-8)7-2-3-7/h6-7,14H,1-5H2,(H2,11,12,13). The average Bonchev–Trinajstić information content (AvgIpc) is 3.00. The molecule has 3 N–H and O–H groups in total. The molecule has 0 spiro atoms. The molecular formula is C10H15N3OS. The Kier molecular flexibility index (Phi) is 3.43. The van der Waals surface area contributed by atoms with Crippen molar-refractivity contribution in [3.05, 3.63) is 11.9 Å². The molecule has 1 aromatic heterocycles. The van der Waals surface area contributed by atoms with Crippen LogP contribution in [0, 0.1) is 0 Å². The third-order valence-corrected chi connectivity index (χ3v) is 3.23. The van der Waals surface area contributed by atoms with Crippen molar-refractivity contribution in [2.45, 2.75) is 30.2 Å². The fraction of sp³-hybridized carbons (Fsp3) is 0.600. The third kappa shape index (κ3) is 3.07. The maximum absolute atomic E-state index is 8.68. The van der Waals surface area contributed by atoms with Crippen LogP contribution in [0.15, 0.2) is 11.1 Å². The molecule has 1 heterocycles. The molecule has 1 aliphatic carbocycles. The van der Waals surface area contributed by atoms with E-state index >= 15 is 0 Å². The van der Waals surface area contributed by atoms with Crippen LogP contribution >= 0.6 is 11.8 Å². The van der Waals surface area contributed by atoms with Crippen molar-refractivity contribution >= 4 is 17.6 Å². The number of aliphatic hydroxyl groups excluding tert-OH is 1. The molecule has 1 saturated carbocycles. The quantitative estimate of drug-likeness (QED) is 0.450. The number of aromatic nitrogens is 2. The van der Waals surface area contributed by atoms with Crippen LogP contribution in [0.4, 0.5) is 5.82 Å². The van der Waals surface area contributed by atoms with Gasteiger partial charge >= 0.3 is 0 Å². The summed E-state index contributed by atoms with van der Waals surface area (Å²) in [6, 6.07) is 1.80. The Morgan fingerprint density at radius 1 is 1.47 bits per heavy atom. The van der Waals surface area contributed by atoms with E-state index in [-0.39, 0.29) is 6.61 Å². The van der Waals surface area contributed by atoms with Gasteiger partial charge in [-0.15, -0.1) is 11.8 Å². The van der Waals surface area contributed by atoms with Crippen LogP contribution in [0.3, 0.4) is 0 Å². The maximum Gasteiger partial charge on any atom is 0.135 e. The minimum absolute atomic E-state index is 0.225. The Balaban J connectivity index is 2.02. The van der Waals surface area contributed by atoms with Crippen molar-refractivity contribution in [1.29, 1.82) is 0 Å². The van der Waals surface area contributed by atoms with Gasteiger partial charge in [0, 0.05) is 24.3 Å². The molecule has 4 nitrogen and oxygen atoms in total. The molecule has 0 saturated heterocycles. The number of rotatable bonds is 5. The summed E-state index contributed by atoms with van der Waals surface area (Å²) in [5, 5.41) is 9.61. The van der Waals surface area contributed by atoms with E-state index in [0.29, 0.717) is 11.7 Å². The average molecular weight is 225 g/mol. The van der Waals surface area contributed by atoms with Crippen molar-refractivity contribution in [2.24, 2.45) is 0 Å². The van der Waals surface area contributed by atoms with Gasteiger partial charge in [-0.25, -0.2) is 9.97 Å². The summed E-state index contributed by atoms with van der Waals surface area (Å²) < 4.78 is 0. The van der Waals surface area contributed by atoms with E-state index in [1.165, 1.54) is 12.8 Å². The van der Waals surface area contributed by atoms with Crippen molar-refractivity contribution in [3.8, 4) is 0 Å². The molecule has 0 atom stereocenters. The zero-order valence-corrected chi connectivity index (χ0v) is 9.33. The number of anilines is 1. The molecule has 1 aliphatic rings. The Hall–Kier alpha value is -0.810. The predicted octanol–water partition coefficient (Wildman–Crippen LogP) is 1.41. The van der Waals surface area contributed by atoms with Gasteiger partial charge in [0.15, 0.2) is 0 Å². The van der Waals surface area contributed by atoms with Crippen molar-refractivity contribution in [1.82, 2.24) is 9.97 Å². The van der Waals surface area contributed by atoms with Crippen LogP contribution in [-0.2, 0) is 0 Å². The highest BCUT2D eigenvalue weighted by Crippen LogP contribution is 2.38. The predicted molar refractivity (Wildman–Crippen MR) is 60.8 cm³/mol. The van der Waals surface area contributed by atoms with E-state index in [4.69, 9.17) is 10.8 Å². The van der Waals surface area contributed by atoms with E-state index in [2.05, 4.69) is 9.97 Å². The summed E-state index contributed by atoms with van der Waals surface area (Å²) in [4.78, 5) is 8.69. The van der Waals surface area contributed by atoms with Gasteiger partial charge < -0.3 is 10.8 Å². The van der Waals surface area contributed by atoms with E-state index in [1.807, 2.05) is 0 Å². The van der Waals surface area contributed by atoms with E-state index < -0.39 is 0 Å². The second kappa shape index (κ2) is 4.81. The van der Waals surface area contributed by atoms with Crippen molar-refractivity contribution in [3.63, 3.8) is 0 Å². The van der Waals surface area contributed by atoms with Crippen molar-refractivity contribution < 1.29 is 5.11 Å². The first-order chi connectivity index (χ1) is 7.29. The van der Waals surface area contributed by atoms with Crippen LogP contribution in [0.25, 0.3) is 0 Å². The lowest BCUT2D eigenvalue weighted by Gasteiger charge is -2.03. The molecule has 0 bridgehead atoms. The molecule has 0 unspecified atom stereocenters. The van der Waals surface area contributed by atoms with E-state index in [9.17, 15) is 0 Å². The van der Waals surface area contributed by atoms with Gasteiger partial charge in [-0.1, -0.05) is 0 Å². The van der Waals surface area contributed by atoms with E-state index in [1.54, 1.807) is 17.8 Å². The lowest BCUT2D eigenvalue weighted by Crippen LogP contribution is -1.99. The molecule has 1 aromatic rings. The molecule has 15 heavy (non-hydrogen) atoms. The summed E-state index contributed by atoms with van der Waals surface area (Å²) in [5.41, 5.74) is 5.72. The molecule has 0 aliphatic heterocycles. The van der Waals surface area contributed by atoms with Gasteiger partial charge in [-0.2, -0.15) is 0 Å². The molecular weight excluding hydrogens is 210 g/mol. The number of hydrogen-bond donors (Lipinski definition) is 2. The fourth-order valence-electron chi connectivity index (χ4n) is 1.30.